The van der Waals surface area contributed by atoms with Crippen LogP contribution in [0.2, 0.25) is 0 Å². The molecule has 4 aliphatic rings. The minimum absolute atomic E-state index is 0.240. The number of aliphatic hydroxyl groups excluding tert-OH is 2. The van der Waals surface area contributed by atoms with Crippen LogP contribution in [-0.2, 0) is 14.4 Å². The molecule has 8 heteroatoms. The Labute approximate surface area is 162 Å². The highest BCUT2D eigenvalue weighted by Gasteiger charge is 2.81. The van der Waals surface area contributed by atoms with Crippen LogP contribution in [0, 0.1) is 45.8 Å². The summed E-state index contributed by atoms with van der Waals surface area (Å²) >= 11 is 0. The summed E-state index contributed by atoms with van der Waals surface area (Å²) < 4.78 is 0. The van der Waals surface area contributed by atoms with Gasteiger partial charge in [-0.25, -0.2) is 0 Å². The van der Waals surface area contributed by atoms with Gasteiger partial charge < -0.3 is 25.5 Å². The molecule has 0 aromatic rings. The third-order valence-corrected chi connectivity index (χ3v) is 9.10. The molecular weight excluding hydrogens is 368 g/mol. The molecule has 4 aliphatic carbocycles. The predicted octanol–water partition coefficient (Wildman–Crippen LogP) is 1.05. The monoisotopic (exact) mass is 396 g/mol. The Morgan fingerprint density at radius 1 is 0.929 bits per heavy atom. The molecule has 0 amide bonds. The predicted molar refractivity (Wildman–Crippen MR) is 94.1 cm³/mol. The standard InChI is InChI=1S/C20H28O8/c1-8-5-19-6-9(8)3-4-11(19)20(17(27)28)7-10(21)14(22)18(2,16(25)26)13(20)12(19)15(23)24/h8-14,21-22H,3-7H2,1-2H3,(H,23,24)(H,25,26)(H,27,28)/t8-,9-,10+,11-,12-,13-,14+,18+,19+,20-/m1/s1. The van der Waals surface area contributed by atoms with Gasteiger partial charge in [0.2, 0.25) is 0 Å². The zero-order valence-corrected chi connectivity index (χ0v) is 16.0. The second-order valence-corrected chi connectivity index (χ2v) is 9.95. The van der Waals surface area contributed by atoms with Crippen LogP contribution in [0.1, 0.15) is 46.0 Å². The Bertz CT molecular complexity index is 746. The van der Waals surface area contributed by atoms with E-state index < -0.39 is 64.1 Å². The van der Waals surface area contributed by atoms with Gasteiger partial charge in [0.15, 0.2) is 0 Å². The Morgan fingerprint density at radius 2 is 1.57 bits per heavy atom. The molecule has 8 nitrogen and oxygen atoms in total. The summed E-state index contributed by atoms with van der Waals surface area (Å²) in [6, 6.07) is 0. The van der Waals surface area contributed by atoms with Gasteiger partial charge >= 0.3 is 17.9 Å². The second-order valence-electron chi connectivity index (χ2n) is 9.95. The normalized spacial score (nSPS) is 54.6. The zero-order chi connectivity index (χ0) is 20.8. The highest BCUT2D eigenvalue weighted by atomic mass is 16.4. The smallest absolute Gasteiger partial charge is 0.312 e. The van der Waals surface area contributed by atoms with Crippen molar-refractivity contribution in [2.24, 2.45) is 45.8 Å². The minimum atomic E-state index is -2.06. The molecule has 4 fully saturated rings. The molecule has 0 radical (unpaired) electrons. The average Bonchev–Trinajstić information content (AvgIpc) is 3.01. The fourth-order valence-corrected chi connectivity index (χ4v) is 8.17. The van der Waals surface area contributed by atoms with Gasteiger partial charge in [-0.15, -0.1) is 0 Å². The average molecular weight is 396 g/mol. The molecule has 0 aromatic carbocycles. The zero-order valence-electron chi connectivity index (χ0n) is 16.0. The van der Waals surface area contributed by atoms with E-state index >= 15 is 0 Å². The largest absolute Gasteiger partial charge is 0.481 e. The van der Waals surface area contributed by atoms with E-state index in [1.54, 1.807) is 0 Å². The molecule has 0 heterocycles. The summed E-state index contributed by atoms with van der Waals surface area (Å²) in [7, 11) is 0. The Kier molecular flexibility index (Phi) is 3.99. The maximum Gasteiger partial charge on any atom is 0.312 e. The summed E-state index contributed by atoms with van der Waals surface area (Å²) in [5.74, 6) is -6.35. The van der Waals surface area contributed by atoms with Crippen LogP contribution in [0.3, 0.4) is 0 Å². The maximum atomic E-state index is 12.7. The van der Waals surface area contributed by atoms with Gasteiger partial charge in [0, 0.05) is 5.92 Å². The van der Waals surface area contributed by atoms with Crippen molar-refractivity contribution in [1.82, 2.24) is 0 Å². The van der Waals surface area contributed by atoms with E-state index in [-0.39, 0.29) is 12.3 Å². The van der Waals surface area contributed by atoms with E-state index in [0.29, 0.717) is 25.2 Å². The van der Waals surface area contributed by atoms with Crippen molar-refractivity contribution < 1.29 is 39.9 Å². The van der Waals surface area contributed by atoms with Gasteiger partial charge in [-0.2, -0.15) is 0 Å². The van der Waals surface area contributed by atoms with E-state index in [9.17, 15) is 39.9 Å². The van der Waals surface area contributed by atoms with Gasteiger partial charge in [-0.05, 0) is 62.2 Å². The van der Waals surface area contributed by atoms with Crippen molar-refractivity contribution in [3.63, 3.8) is 0 Å². The third-order valence-electron chi connectivity index (χ3n) is 9.10. The van der Waals surface area contributed by atoms with E-state index in [1.807, 2.05) is 0 Å². The molecule has 2 bridgehead atoms. The van der Waals surface area contributed by atoms with Crippen LogP contribution in [0.25, 0.3) is 0 Å². The molecule has 0 saturated heterocycles. The van der Waals surface area contributed by atoms with Crippen LogP contribution < -0.4 is 0 Å². The number of rotatable bonds is 3. The third kappa shape index (κ3) is 1.95. The minimum Gasteiger partial charge on any atom is -0.481 e. The van der Waals surface area contributed by atoms with Gasteiger partial charge in [-0.1, -0.05) is 6.92 Å². The van der Waals surface area contributed by atoms with Gasteiger partial charge in [0.1, 0.15) is 0 Å². The van der Waals surface area contributed by atoms with E-state index in [0.717, 1.165) is 6.42 Å². The van der Waals surface area contributed by atoms with Crippen molar-refractivity contribution in [3.05, 3.63) is 0 Å². The lowest BCUT2D eigenvalue weighted by atomic mass is 9.50. The molecule has 156 valence electrons. The first-order valence-electron chi connectivity index (χ1n) is 10.00. The number of carboxylic acids is 3. The van der Waals surface area contributed by atoms with E-state index in [1.165, 1.54) is 6.92 Å². The Balaban J connectivity index is 2.03. The van der Waals surface area contributed by atoms with Crippen molar-refractivity contribution in [3.8, 4) is 0 Å². The van der Waals surface area contributed by atoms with Crippen LogP contribution in [0.15, 0.2) is 0 Å². The highest BCUT2D eigenvalue weighted by molar-refractivity contribution is 5.86. The summed E-state index contributed by atoms with van der Waals surface area (Å²) in [5, 5.41) is 51.8. The molecule has 4 rings (SSSR count). The van der Waals surface area contributed by atoms with Gasteiger partial charge in [-0.3, -0.25) is 14.4 Å². The summed E-state index contributed by atoms with van der Waals surface area (Å²) in [4.78, 5) is 37.6. The quantitative estimate of drug-likeness (QED) is 0.474. The number of hydrogen-bond acceptors (Lipinski definition) is 5. The Morgan fingerprint density at radius 3 is 2.11 bits per heavy atom. The molecule has 4 saturated carbocycles. The lowest BCUT2D eigenvalue weighted by Crippen LogP contribution is -2.65. The number of aliphatic hydroxyl groups is 2. The number of carboxylic acid groups (broad SMARTS) is 3. The van der Waals surface area contributed by atoms with Crippen LogP contribution >= 0.6 is 0 Å². The van der Waals surface area contributed by atoms with E-state index in [2.05, 4.69) is 6.92 Å². The fraction of sp³-hybridized carbons (Fsp3) is 0.850. The fourth-order valence-electron chi connectivity index (χ4n) is 8.17. The molecule has 1 spiro atoms. The first-order chi connectivity index (χ1) is 12.9. The lowest BCUT2D eigenvalue weighted by molar-refractivity contribution is -0.211. The molecule has 28 heavy (non-hydrogen) atoms. The number of carbonyl (C=O) groups is 3. The molecular formula is C20H28O8. The van der Waals surface area contributed by atoms with Crippen LogP contribution in [0.5, 0.6) is 0 Å². The molecule has 10 atom stereocenters. The van der Waals surface area contributed by atoms with Crippen molar-refractivity contribution >= 4 is 17.9 Å². The lowest BCUT2D eigenvalue weighted by Gasteiger charge is -2.53. The molecule has 5 N–H and O–H groups in total. The maximum absolute atomic E-state index is 12.7. The van der Waals surface area contributed by atoms with Crippen LogP contribution in [-0.4, -0.2) is 55.6 Å². The number of aliphatic carboxylic acids is 3. The highest BCUT2D eigenvalue weighted by Crippen LogP contribution is 2.77. The van der Waals surface area contributed by atoms with Crippen molar-refractivity contribution in [2.75, 3.05) is 0 Å². The first-order valence-corrected chi connectivity index (χ1v) is 10.00. The second kappa shape index (κ2) is 5.69. The first kappa shape index (κ1) is 19.6. The number of hydrogen-bond donors (Lipinski definition) is 5. The summed E-state index contributed by atoms with van der Waals surface area (Å²) in [6.07, 6.45) is -1.16. The number of fused-ring (bicyclic) bond motifs is 3. The van der Waals surface area contributed by atoms with Gasteiger partial charge in [0.05, 0.1) is 29.0 Å². The van der Waals surface area contributed by atoms with Crippen molar-refractivity contribution in [1.29, 1.82) is 0 Å². The van der Waals surface area contributed by atoms with Gasteiger partial charge in [0.25, 0.3) is 0 Å². The topological polar surface area (TPSA) is 152 Å². The summed E-state index contributed by atoms with van der Waals surface area (Å²) in [5.41, 5.74) is -4.55. The van der Waals surface area contributed by atoms with Crippen molar-refractivity contribution in [2.45, 2.75) is 58.2 Å². The van der Waals surface area contributed by atoms with E-state index in [4.69, 9.17) is 0 Å². The molecule has 0 aromatic heterocycles. The molecule has 0 aliphatic heterocycles. The SMILES string of the molecule is C[C@@H]1C[C@]23C[C@H]1CC[C@H]2[C@]1(C(=O)O)C[C@H](O)[C@H](O)[C@@](C)(C(=O)O)[C@H]1[C@@H]3C(=O)O. The summed E-state index contributed by atoms with van der Waals surface area (Å²) in [6.45, 7) is 3.26. The Hall–Kier alpha value is -1.67. The van der Waals surface area contributed by atoms with Crippen LogP contribution in [0.4, 0.5) is 0 Å². The molecule has 0 unspecified atom stereocenters.